The maximum absolute atomic E-state index is 12.5. The van der Waals surface area contributed by atoms with Crippen LogP contribution in [0.15, 0.2) is 30.3 Å². The molecule has 1 aliphatic rings. The van der Waals surface area contributed by atoms with E-state index in [9.17, 15) is 9.59 Å². The molecule has 0 radical (unpaired) electrons. The van der Waals surface area contributed by atoms with Gasteiger partial charge in [0.05, 0.1) is 6.61 Å². The molecule has 0 amide bonds. The van der Waals surface area contributed by atoms with Gasteiger partial charge in [0.2, 0.25) is 0 Å². The summed E-state index contributed by atoms with van der Waals surface area (Å²) in [7, 11) is 0. The van der Waals surface area contributed by atoms with Crippen LogP contribution in [0.1, 0.15) is 37.0 Å². The predicted molar refractivity (Wildman–Crippen MR) is 68.2 cm³/mol. The fourth-order valence-corrected chi connectivity index (χ4v) is 2.55. The van der Waals surface area contributed by atoms with Gasteiger partial charge in [-0.05, 0) is 19.3 Å². The van der Waals surface area contributed by atoms with E-state index in [-0.39, 0.29) is 17.7 Å². The Bertz CT molecular complexity index is 452. The topological polar surface area (TPSA) is 43.4 Å². The normalized spacial score (nSPS) is 25.6. The summed E-state index contributed by atoms with van der Waals surface area (Å²) in [6.07, 6.45) is 1.45. The van der Waals surface area contributed by atoms with Gasteiger partial charge in [-0.2, -0.15) is 0 Å². The van der Waals surface area contributed by atoms with Crippen LogP contribution in [-0.2, 0) is 9.53 Å². The molecule has 0 aromatic heterocycles. The first kappa shape index (κ1) is 12.8. The summed E-state index contributed by atoms with van der Waals surface area (Å²) in [4.78, 5) is 24.6. The average Bonchev–Trinajstić information content (AvgIpc) is 3.15. The van der Waals surface area contributed by atoms with E-state index in [2.05, 4.69) is 0 Å². The molecular formula is C15H18O3. The maximum Gasteiger partial charge on any atom is 0.320 e. The molecule has 18 heavy (non-hydrogen) atoms. The highest BCUT2D eigenvalue weighted by Crippen LogP contribution is 2.57. The monoisotopic (exact) mass is 246 g/mol. The smallest absolute Gasteiger partial charge is 0.320 e. The van der Waals surface area contributed by atoms with Crippen LogP contribution < -0.4 is 0 Å². The molecule has 0 spiro atoms. The highest BCUT2D eigenvalue weighted by molar-refractivity contribution is 6.15. The van der Waals surface area contributed by atoms with Crippen molar-refractivity contribution in [1.82, 2.24) is 0 Å². The molecule has 2 rings (SSSR count). The minimum Gasteiger partial charge on any atom is -0.465 e. The van der Waals surface area contributed by atoms with Crippen molar-refractivity contribution in [1.29, 1.82) is 0 Å². The Balaban J connectivity index is 2.27. The predicted octanol–water partition coefficient (Wildman–Crippen LogP) is 2.85. The van der Waals surface area contributed by atoms with Crippen molar-refractivity contribution in [2.75, 3.05) is 6.61 Å². The Morgan fingerprint density at radius 1 is 1.28 bits per heavy atom. The molecule has 1 aromatic carbocycles. The molecule has 3 heteroatoms. The van der Waals surface area contributed by atoms with E-state index in [1.54, 1.807) is 19.1 Å². The van der Waals surface area contributed by atoms with E-state index in [0.29, 0.717) is 18.6 Å². The van der Waals surface area contributed by atoms with Gasteiger partial charge in [0.25, 0.3) is 0 Å². The van der Waals surface area contributed by atoms with Gasteiger partial charge in [0.15, 0.2) is 5.78 Å². The van der Waals surface area contributed by atoms with E-state index >= 15 is 0 Å². The summed E-state index contributed by atoms with van der Waals surface area (Å²) in [5.41, 5.74) is -0.312. The van der Waals surface area contributed by atoms with Gasteiger partial charge in [-0.1, -0.05) is 43.7 Å². The number of benzene rings is 1. The number of hydrogen-bond acceptors (Lipinski definition) is 3. The molecule has 0 aliphatic heterocycles. The molecule has 2 unspecified atom stereocenters. The summed E-state index contributed by atoms with van der Waals surface area (Å²) >= 11 is 0. The van der Waals surface area contributed by atoms with E-state index in [1.807, 2.05) is 25.1 Å². The third kappa shape index (κ3) is 1.94. The second kappa shape index (κ2) is 4.92. The molecule has 1 aromatic rings. The Kier molecular flexibility index (Phi) is 3.50. The van der Waals surface area contributed by atoms with Crippen LogP contribution in [0.25, 0.3) is 0 Å². The molecule has 0 saturated heterocycles. The number of carbonyl (C=O) groups excluding carboxylic acids is 2. The lowest BCUT2D eigenvalue weighted by molar-refractivity contribution is -0.148. The Labute approximate surface area is 107 Å². The van der Waals surface area contributed by atoms with Crippen molar-refractivity contribution in [3.8, 4) is 0 Å². The number of Topliss-reactive ketones (excluding diaryl/α,β-unsaturated/α-hetero) is 1. The van der Waals surface area contributed by atoms with Gasteiger partial charge in [-0.15, -0.1) is 0 Å². The van der Waals surface area contributed by atoms with Gasteiger partial charge in [0.1, 0.15) is 5.41 Å². The van der Waals surface area contributed by atoms with Gasteiger partial charge < -0.3 is 4.74 Å². The van der Waals surface area contributed by atoms with Crippen LogP contribution in [0.2, 0.25) is 0 Å². The van der Waals surface area contributed by atoms with E-state index in [0.717, 1.165) is 6.42 Å². The number of ketones is 1. The fraction of sp³-hybridized carbons (Fsp3) is 0.467. The zero-order chi connectivity index (χ0) is 13.2. The first-order valence-corrected chi connectivity index (χ1v) is 6.43. The summed E-state index contributed by atoms with van der Waals surface area (Å²) in [6, 6.07) is 9.01. The minimum absolute atomic E-state index is 0.0894. The lowest BCUT2D eigenvalue weighted by Gasteiger charge is -2.14. The molecule has 1 aliphatic carbocycles. The van der Waals surface area contributed by atoms with Crippen molar-refractivity contribution in [3.05, 3.63) is 35.9 Å². The molecule has 0 bridgehead atoms. The lowest BCUT2D eigenvalue weighted by atomic mass is 9.91. The molecular weight excluding hydrogens is 228 g/mol. The fourth-order valence-electron chi connectivity index (χ4n) is 2.55. The Morgan fingerprint density at radius 3 is 2.44 bits per heavy atom. The van der Waals surface area contributed by atoms with E-state index in [4.69, 9.17) is 4.74 Å². The van der Waals surface area contributed by atoms with Gasteiger partial charge in [-0.25, -0.2) is 0 Å². The van der Waals surface area contributed by atoms with E-state index < -0.39 is 5.41 Å². The largest absolute Gasteiger partial charge is 0.465 e. The van der Waals surface area contributed by atoms with Crippen LogP contribution in [0.3, 0.4) is 0 Å². The van der Waals surface area contributed by atoms with Crippen LogP contribution in [-0.4, -0.2) is 18.4 Å². The van der Waals surface area contributed by atoms with Gasteiger partial charge in [0, 0.05) is 5.56 Å². The van der Waals surface area contributed by atoms with Crippen LogP contribution in [0, 0.1) is 11.3 Å². The standard InChI is InChI=1S/C15H18O3/c1-3-12-10-15(12,14(17)18-4-2)13(16)11-8-6-5-7-9-11/h5-9,12H,3-4,10H2,1-2H3. The molecule has 0 heterocycles. The number of hydrogen-bond donors (Lipinski definition) is 0. The van der Waals surface area contributed by atoms with Crippen LogP contribution in [0.5, 0.6) is 0 Å². The lowest BCUT2D eigenvalue weighted by Crippen LogP contribution is -2.30. The summed E-state index contributed by atoms with van der Waals surface area (Å²) < 4.78 is 5.08. The molecule has 3 nitrogen and oxygen atoms in total. The number of rotatable bonds is 5. The number of esters is 1. The van der Waals surface area contributed by atoms with Crippen molar-refractivity contribution in [2.24, 2.45) is 11.3 Å². The number of ether oxygens (including phenoxy) is 1. The first-order chi connectivity index (χ1) is 8.66. The quantitative estimate of drug-likeness (QED) is 0.456. The van der Waals surface area contributed by atoms with Crippen molar-refractivity contribution in [3.63, 3.8) is 0 Å². The molecule has 2 atom stereocenters. The maximum atomic E-state index is 12.5. The second-order valence-corrected chi connectivity index (χ2v) is 4.70. The minimum atomic E-state index is -0.911. The van der Waals surface area contributed by atoms with Gasteiger partial charge in [-0.3, -0.25) is 9.59 Å². The average molecular weight is 246 g/mol. The highest BCUT2D eigenvalue weighted by atomic mass is 16.5. The zero-order valence-electron chi connectivity index (χ0n) is 10.8. The van der Waals surface area contributed by atoms with Crippen molar-refractivity contribution in [2.45, 2.75) is 26.7 Å². The third-order valence-corrected chi connectivity index (χ3v) is 3.68. The van der Waals surface area contributed by atoms with Crippen LogP contribution in [0.4, 0.5) is 0 Å². The first-order valence-electron chi connectivity index (χ1n) is 6.43. The molecule has 96 valence electrons. The summed E-state index contributed by atoms with van der Waals surface area (Å²) in [5.74, 6) is -0.316. The van der Waals surface area contributed by atoms with E-state index in [1.165, 1.54) is 0 Å². The van der Waals surface area contributed by atoms with Crippen molar-refractivity contribution < 1.29 is 14.3 Å². The SMILES string of the molecule is CCOC(=O)C1(C(=O)c2ccccc2)CC1CC. The second-order valence-electron chi connectivity index (χ2n) is 4.70. The zero-order valence-corrected chi connectivity index (χ0v) is 10.8. The van der Waals surface area contributed by atoms with Crippen molar-refractivity contribution >= 4 is 11.8 Å². The Hall–Kier alpha value is -1.64. The van der Waals surface area contributed by atoms with Crippen LogP contribution >= 0.6 is 0 Å². The summed E-state index contributed by atoms with van der Waals surface area (Å²) in [6.45, 7) is 4.09. The Morgan fingerprint density at radius 2 is 1.94 bits per heavy atom. The summed E-state index contributed by atoms with van der Waals surface area (Å²) in [5, 5.41) is 0. The number of carbonyl (C=O) groups is 2. The molecule has 0 N–H and O–H groups in total. The molecule has 1 saturated carbocycles. The van der Waals surface area contributed by atoms with Gasteiger partial charge >= 0.3 is 5.97 Å². The third-order valence-electron chi connectivity index (χ3n) is 3.68. The molecule has 1 fully saturated rings. The highest BCUT2D eigenvalue weighted by Gasteiger charge is 2.65.